The number of hydrogen-bond acceptors (Lipinski definition) is 5. The number of benzene rings is 1. The van der Waals surface area contributed by atoms with Crippen LogP contribution in [0.5, 0.6) is 5.75 Å². The van der Waals surface area contributed by atoms with Crippen molar-refractivity contribution in [3.8, 4) is 5.75 Å². The molecule has 0 aromatic heterocycles. The number of nitrogens with one attached hydrogen (secondary N) is 1. The van der Waals surface area contributed by atoms with Crippen molar-refractivity contribution in [2.24, 2.45) is 5.41 Å². The zero-order chi connectivity index (χ0) is 15.2. The number of carboxylic acid groups (broad SMARTS) is 1. The number of aliphatic carboxylic acids is 1. The number of carboxylic acids is 1. The Morgan fingerprint density at radius 1 is 1.45 bits per heavy atom. The summed E-state index contributed by atoms with van der Waals surface area (Å²) in [6.45, 7) is 4.51. The van der Waals surface area contributed by atoms with Gasteiger partial charge in [-0.15, -0.1) is 0 Å². The summed E-state index contributed by atoms with van der Waals surface area (Å²) in [6.07, 6.45) is 0. The van der Waals surface area contributed by atoms with E-state index in [1.165, 1.54) is 0 Å². The summed E-state index contributed by atoms with van der Waals surface area (Å²) < 4.78 is 10.5. The van der Waals surface area contributed by atoms with E-state index in [2.05, 4.69) is 5.32 Å². The van der Waals surface area contributed by atoms with E-state index in [0.29, 0.717) is 24.6 Å². The van der Waals surface area contributed by atoms with Crippen molar-refractivity contribution in [1.82, 2.24) is 0 Å². The van der Waals surface area contributed by atoms with Crippen molar-refractivity contribution in [2.75, 3.05) is 37.9 Å². The van der Waals surface area contributed by atoms with Gasteiger partial charge in [-0.05, 0) is 26.0 Å². The van der Waals surface area contributed by atoms with Gasteiger partial charge in [-0.25, -0.2) is 0 Å². The number of hydrogen-bond donors (Lipinski definition) is 3. The first-order valence-electron chi connectivity index (χ1n) is 6.35. The summed E-state index contributed by atoms with van der Waals surface area (Å²) in [5, 5.41) is 12.2. The first kappa shape index (κ1) is 16.1. The van der Waals surface area contributed by atoms with Gasteiger partial charge in [0.15, 0.2) is 0 Å². The largest absolute Gasteiger partial charge is 0.492 e. The molecule has 1 aromatic rings. The molecule has 0 aliphatic heterocycles. The lowest BCUT2D eigenvalue weighted by molar-refractivity contribution is -0.148. The monoisotopic (exact) mass is 282 g/mol. The molecule has 4 N–H and O–H groups in total. The average Bonchev–Trinajstić information content (AvgIpc) is 2.39. The summed E-state index contributed by atoms with van der Waals surface area (Å²) in [6, 6.07) is 5.19. The first-order chi connectivity index (χ1) is 9.36. The maximum absolute atomic E-state index is 11.0. The van der Waals surface area contributed by atoms with Crippen molar-refractivity contribution < 1.29 is 19.4 Å². The lowest BCUT2D eigenvalue weighted by Gasteiger charge is -2.20. The van der Waals surface area contributed by atoms with Gasteiger partial charge in [-0.2, -0.15) is 0 Å². The Balaban J connectivity index is 2.67. The van der Waals surface area contributed by atoms with Crippen LogP contribution in [0.15, 0.2) is 18.2 Å². The Hall–Kier alpha value is -1.95. The minimum atomic E-state index is -0.939. The molecule has 0 amide bonds. The van der Waals surface area contributed by atoms with Gasteiger partial charge in [-0.1, -0.05) is 0 Å². The van der Waals surface area contributed by atoms with Crippen LogP contribution in [0.1, 0.15) is 13.8 Å². The number of nitrogen functional groups attached to an aromatic ring is 1. The van der Waals surface area contributed by atoms with E-state index in [1.54, 1.807) is 39.2 Å². The second kappa shape index (κ2) is 7.00. The molecule has 1 aromatic carbocycles. The zero-order valence-corrected chi connectivity index (χ0v) is 12.1. The van der Waals surface area contributed by atoms with E-state index in [1.807, 2.05) is 0 Å². The molecule has 0 bridgehead atoms. The van der Waals surface area contributed by atoms with E-state index in [0.717, 1.165) is 5.69 Å². The maximum Gasteiger partial charge on any atom is 0.312 e. The second-order valence-corrected chi connectivity index (χ2v) is 5.15. The van der Waals surface area contributed by atoms with Crippen LogP contribution in [-0.4, -0.2) is 37.9 Å². The van der Waals surface area contributed by atoms with Crippen LogP contribution in [0.2, 0.25) is 0 Å². The second-order valence-electron chi connectivity index (χ2n) is 5.15. The van der Waals surface area contributed by atoms with Gasteiger partial charge < -0.3 is 25.6 Å². The van der Waals surface area contributed by atoms with Gasteiger partial charge in [0.1, 0.15) is 12.4 Å². The van der Waals surface area contributed by atoms with Gasteiger partial charge in [0.05, 0.1) is 23.4 Å². The van der Waals surface area contributed by atoms with Crippen molar-refractivity contribution in [1.29, 1.82) is 0 Å². The minimum Gasteiger partial charge on any atom is -0.492 e. The van der Waals surface area contributed by atoms with Crippen molar-refractivity contribution in [2.45, 2.75) is 13.8 Å². The molecule has 6 nitrogen and oxygen atoms in total. The average molecular weight is 282 g/mol. The molecule has 0 spiro atoms. The molecule has 112 valence electrons. The Kier molecular flexibility index (Phi) is 5.64. The third-order valence-electron chi connectivity index (χ3n) is 2.83. The molecule has 0 atom stereocenters. The van der Waals surface area contributed by atoms with Gasteiger partial charge >= 0.3 is 5.97 Å². The van der Waals surface area contributed by atoms with Crippen LogP contribution in [-0.2, 0) is 9.53 Å². The number of rotatable bonds is 8. The van der Waals surface area contributed by atoms with Gasteiger partial charge in [-0.3, -0.25) is 4.79 Å². The summed E-state index contributed by atoms with van der Waals surface area (Å²) in [4.78, 5) is 11.0. The van der Waals surface area contributed by atoms with E-state index in [4.69, 9.17) is 20.3 Å². The fourth-order valence-corrected chi connectivity index (χ4v) is 1.39. The van der Waals surface area contributed by atoms with Crippen molar-refractivity contribution in [3.05, 3.63) is 18.2 Å². The molecule has 0 aliphatic rings. The predicted molar refractivity (Wildman–Crippen MR) is 78.1 cm³/mol. The highest BCUT2D eigenvalue weighted by Gasteiger charge is 2.28. The number of nitrogens with two attached hydrogens (primary N) is 1. The SMILES string of the molecule is COCCNc1cc(OCC(C)(C)C(=O)O)ccc1N. The smallest absolute Gasteiger partial charge is 0.312 e. The van der Waals surface area contributed by atoms with Crippen LogP contribution in [0.25, 0.3) is 0 Å². The topological polar surface area (TPSA) is 93.8 Å². The molecule has 0 heterocycles. The van der Waals surface area contributed by atoms with E-state index in [-0.39, 0.29) is 6.61 Å². The predicted octanol–water partition coefficient (Wildman–Crippen LogP) is 1.82. The Bertz CT molecular complexity index is 460. The van der Waals surface area contributed by atoms with Crippen LogP contribution in [0, 0.1) is 5.41 Å². The van der Waals surface area contributed by atoms with Crippen molar-refractivity contribution in [3.63, 3.8) is 0 Å². The minimum absolute atomic E-state index is 0.0871. The van der Waals surface area contributed by atoms with E-state index >= 15 is 0 Å². The number of carbonyl (C=O) groups is 1. The van der Waals surface area contributed by atoms with Gasteiger partial charge in [0, 0.05) is 19.7 Å². The quantitative estimate of drug-likeness (QED) is 0.497. The van der Waals surface area contributed by atoms with Crippen LogP contribution in [0.4, 0.5) is 11.4 Å². The van der Waals surface area contributed by atoms with Crippen LogP contribution in [0.3, 0.4) is 0 Å². The summed E-state index contributed by atoms with van der Waals surface area (Å²) in [5.74, 6) is -0.320. The third-order valence-corrected chi connectivity index (χ3v) is 2.83. The number of anilines is 2. The highest BCUT2D eigenvalue weighted by atomic mass is 16.5. The highest BCUT2D eigenvalue weighted by molar-refractivity contribution is 5.73. The number of methoxy groups -OCH3 is 1. The molecule has 20 heavy (non-hydrogen) atoms. The molecule has 6 heteroatoms. The molecule has 0 aliphatic carbocycles. The standard InChI is InChI=1S/C14H22N2O4/c1-14(2,13(17)18)9-20-10-4-5-11(15)12(8-10)16-6-7-19-3/h4-5,8,16H,6-7,9,15H2,1-3H3,(H,17,18). The summed E-state index contributed by atoms with van der Waals surface area (Å²) in [7, 11) is 1.62. The van der Waals surface area contributed by atoms with Crippen LogP contribution >= 0.6 is 0 Å². The Morgan fingerprint density at radius 2 is 2.15 bits per heavy atom. The molecule has 0 radical (unpaired) electrons. The Labute approximate surface area is 118 Å². The van der Waals surface area contributed by atoms with E-state index in [9.17, 15) is 4.79 Å². The van der Waals surface area contributed by atoms with Crippen molar-refractivity contribution >= 4 is 17.3 Å². The molecular formula is C14H22N2O4. The summed E-state index contributed by atoms with van der Waals surface area (Å²) in [5.41, 5.74) is 6.26. The van der Waals surface area contributed by atoms with Gasteiger partial charge in [0.25, 0.3) is 0 Å². The highest BCUT2D eigenvalue weighted by Crippen LogP contribution is 2.26. The fraction of sp³-hybridized carbons (Fsp3) is 0.500. The molecule has 0 fully saturated rings. The lowest BCUT2D eigenvalue weighted by atomic mass is 9.95. The first-order valence-corrected chi connectivity index (χ1v) is 6.35. The third kappa shape index (κ3) is 4.62. The van der Waals surface area contributed by atoms with Crippen LogP contribution < -0.4 is 15.8 Å². The zero-order valence-electron chi connectivity index (χ0n) is 12.1. The lowest BCUT2D eigenvalue weighted by Crippen LogP contribution is -2.30. The van der Waals surface area contributed by atoms with E-state index < -0.39 is 11.4 Å². The molecular weight excluding hydrogens is 260 g/mol. The molecule has 0 saturated carbocycles. The maximum atomic E-state index is 11.0. The fourth-order valence-electron chi connectivity index (χ4n) is 1.39. The molecule has 0 saturated heterocycles. The molecule has 1 rings (SSSR count). The number of ether oxygens (including phenoxy) is 2. The normalized spacial score (nSPS) is 11.2. The Morgan fingerprint density at radius 3 is 2.75 bits per heavy atom. The summed E-state index contributed by atoms with van der Waals surface area (Å²) >= 11 is 0. The molecule has 0 unspecified atom stereocenters. The van der Waals surface area contributed by atoms with Gasteiger partial charge in [0.2, 0.25) is 0 Å².